The number of aliphatic hydroxyl groups is 1. The highest BCUT2D eigenvalue weighted by atomic mass is 35.5. The standard InChI is InChI=1S/C15H22ClNO/c1-11-6-7-12(10-13(11)16)14(18)15(17(2)3)8-4-5-9-15/h6-7,10,14,18H,4-5,8-9H2,1-3H3. The molecule has 2 nitrogen and oxygen atoms in total. The number of likely N-dealkylation sites (N-methyl/N-ethyl adjacent to an activating group) is 1. The lowest BCUT2D eigenvalue weighted by Gasteiger charge is -2.40. The van der Waals surface area contributed by atoms with E-state index >= 15 is 0 Å². The van der Waals surface area contributed by atoms with E-state index in [-0.39, 0.29) is 5.54 Å². The topological polar surface area (TPSA) is 23.5 Å². The molecule has 18 heavy (non-hydrogen) atoms. The molecular weight excluding hydrogens is 246 g/mol. The van der Waals surface area contributed by atoms with Crippen molar-refractivity contribution in [3.63, 3.8) is 0 Å². The second-order valence-corrected chi connectivity index (χ2v) is 6.02. The number of aliphatic hydroxyl groups excluding tert-OH is 1. The van der Waals surface area contributed by atoms with Crippen LogP contribution in [0.15, 0.2) is 18.2 Å². The van der Waals surface area contributed by atoms with E-state index in [1.807, 2.05) is 25.1 Å². The molecule has 0 bridgehead atoms. The van der Waals surface area contributed by atoms with Crippen molar-refractivity contribution in [1.29, 1.82) is 0 Å². The molecule has 1 unspecified atom stereocenters. The summed E-state index contributed by atoms with van der Waals surface area (Å²) in [5.74, 6) is 0. The van der Waals surface area contributed by atoms with Crippen molar-refractivity contribution in [2.45, 2.75) is 44.2 Å². The fourth-order valence-electron chi connectivity index (χ4n) is 3.04. The van der Waals surface area contributed by atoms with Crippen LogP contribution in [0, 0.1) is 6.92 Å². The molecule has 0 aliphatic heterocycles. The number of aryl methyl sites for hydroxylation is 1. The van der Waals surface area contributed by atoms with E-state index in [0.29, 0.717) is 0 Å². The minimum Gasteiger partial charge on any atom is -0.386 e. The summed E-state index contributed by atoms with van der Waals surface area (Å²) in [5, 5.41) is 11.5. The summed E-state index contributed by atoms with van der Waals surface area (Å²) in [7, 11) is 4.12. The molecule has 1 atom stereocenters. The van der Waals surface area contributed by atoms with Crippen LogP contribution < -0.4 is 0 Å². The zero-order valence-electron chi connectivity index (χ0n) is 11.4. The lowest BCUT2D eigenvalue weighted by atomic mass is 9.84. The van der Waals surface area contributed by atoms with Gasteiger partial charge in [-0.3, -0.25) is 0 Å². The Kier molecular flexibility index (Phi) is 4.00. The average molecular weight is 268 g/mol. The molecule has 0 radical (unpaired) electrons. The van der Waals surface area contributed by atoms with E-state index in [1.165, 1.54) is 12.8 Å². The van der Waals surface area contributed by atoms with Crippen LogP contribution in [-0.4, -0.2) is 29.6 Å². The maximum Gasteiger partial charge on any atom is 0.0973 e. The van der Waals surface area contributed by atoms with E-state index in [1.54, 1.807) is 0 Å². The molecule has 1 fully saturated rings. The Labute approximate surface area is 115 Å². The number of hydrogen-bond acceptors (Lipinski definition) is 2. The van der Waals surface area contributed by atoms with Gasteiger partial charge in [0, 0.05) is 5.02 Å². The van der Waals surface area contributed by atoms with Crippen LogP contribution in [0.4, 0.5) is 0 Å². The molecule has 0 saturated heterocycles. The quantitative estimate of drug-likeness (QED) is 0.905. The molecule has 0 amide bonds. The monoisotopic (exact) mass is 267 g/mol. The Bertz CT molecular complexity index is 425. The predicted molar refractivity (Wildman–Crippen MR) is 76.0 cm³/mol. The summed E-state index contributed by atoms with van der Waals surface area (Å²) in [6.45, 7) is 1.98. The molecule has 3 heteroatoms. The highest BCUT2D eigenvalue weighted by Gasteiger charge is 2.43. The van der Waals surface area contributed by atoms with Gasteiger partial charge in [-0.05, 0) is 51.1 Å². The fraction of sp³-hybridized carbons (Fsp3) is 0.600. The Balaban J connectivity index is 2.33. The zero-order chi connectivity index (χ0) is 13.3. The number of benzene rings is 1. The molecule has 100 valence electrons. The minimum atomic E-state index is -0.465. The molecule has 1 aromatic carbocycles. The molecular formula is C15H22ClNO. The Hall–Kier alpha value is -0.570. The van der Waals surface area contributed by atoms with Gasteiger partial charge in [-0.15, -0.1) is 0 Å². The zero-order valence-corrected chi connectivity index (χ0v) is 12.2. The van der Waals surface area contributed by atoms with Crippen LogP contribution >= 0.6 is 11.6 Å². The van der Waals surface area contributed by atoms with Crippen LogP contribution in [0.5, 0.6) is 0 Å². The van der Waals surface area contributed by atoms with E-state index in [0.717, 1.165) is 29.0 Å². The third kappa shape index (κ3) is 2.29. The fourth-order valence-corrected chi connectivity index (χ4v) is 3.23. The molecule has 2 rings (SSSR count). The third-order valence-corrected chi connectivity index (χ3v) is 4.79. The molecule has 0 spiro atoms. The molecule has 0 aromatic heterocycles. The second-order valence-electron chi connectivity index (χ2n) is 5.62. The SMILES string of the molecule is Cc1ccc(C(O)C2(N(C)C)CCCC2)cc1Cl. The summed E-state index contributed by atoms with van der Waals surface area (Å²) >= 11 is 6.16. The lowest BCUT2D eigenvalue weighted by molar-refractivity contribution is -0.00474. The van der Waals surface area contributed by atoms with Crippen molar-refractivity contribution in [2.24, 2.45) is 0 Å². The Morgan fingerprint density at radius 1 is 1.28 bits per heavy atom. The first-order chi connectivity index (χ1) is 8.47. The third-order valence-electron chi connectivity index (χ3n) is 4.38. The molecule has 1 saturated carbocycles. The van der Waals surface area contributed by atoms with Gasteiger partial charge in [-0.2, -0.15) is 0 Å². The van der Waals surface area contributed by atoms with Gasteiger partial charge in [0.1, 0.15) is 0 Å². The Morgan fingerprint density at radius 2 is 1.89 bits per heavy atom. The average Bonchev–Trinajstić information content (AvgIpc) is 2.82. The van der Waals surface area contributed by atoms with Gasteiger partial charge in [0.05, 0.1) is 11.6 Å². The first kappa shape index (κ1) is 13.9. The van der Waals surface area contributed by atoms with Crippen LogP contribution in [0.1, 0.15) is 42.9 Å². The summed E-state index contributed by atoms with van der Waals surface area (Å²) in [4.78, 5) is 2.18. The number of nitrogens with zero attached hydrogens (tertiary/aromatic N) is 1. The van der Waals surface area contributed by atoms with Crippen molar-refractivity contribution < 1.29 is 5.11 Å². The first-order valence-corrected chi connectivity index (χ1v) is 6.97. The Morgan fingerprint density at radius 3 is 2.39 bits per heavy atom. The summed E-state index contributed by atoms with van der Waals surface area (Å²) in [5.41, 5.74) is 1.86. The van der Waals surface area contributed by atoms with Crippen molar-refractivity contribution in [3.8, 4) is 0 Å². The van der Waals surface area contributed by atoms with Crippen LogP contribution in [0.2, 0.25) is 5.02 Å². The van der Waals surface area contributed by atoms with Crippen molar-refractivity contribution >= 4 is 11.6 Å². The first-order valence-electron chi connectivity index (χ1n) is 6.59. The number of halogens is 1. The lowest BCUT2D eigenvalue weighted by Crippen LogP contribution is -2.47. The number of rotatable bonds is 3. The summed E-state index contributed by atoms with van der Waals surface area (Å²) in [6, 6.07) is 5.89. The van der Waals surface area contributed by atoms with E-state index < -0.39 is 6.10 Å². The van der Waals surface area contributed by atoms with E-state index in [4.69, 9.17) is 11.6 Å². The molecule has 0 heterocycles. The van der Waals surface area contributed by atoms with Gasteiger partial charge in [0.2, 0.25) is 0 Å². The molecule has 1 aliphatic carbocycles. The van der Waals surface area contributed by atoms with Gasteiger partial charge in [0.25, 0.3) is 0 Å². The second kappa shape index (κ2) is 5.20. The molecule has 1 aliphatic rings. The van der Waals surface area contributed by atoms with Gasteiger partial charge in [-0.25, -0.2) is 0 Å². The highest BCUT2D eigenvalue weighted by molar-refractivity contribution is 6.31. The van der Waals surface area contributed by atoms with Crippen molar-refractivity contribution in [3.05, 3.63) is 34.3 Å². The van der Waals surface area contributed by atoms with Gasteiger partial charge in [-0.1, -0.05) is 36.6 Å². The minimum absolute atomic E-state index is 0.126. The van der Waals surface area contributed by atoms with Crippen LogP contribution in [-0.2, 0) is 0 Å². The number of hydrogen-bond donors (Lipinski definition) is 1. The molecule has 1 N–H and O–H groups in total. The highest BCUT2D eigenvalue weighted by Crippen LogP contribution is 2.43. The predicted octanol–water partition coefficient (Wildman–Crippen LogP) is 3.56. The largest absolute Gasteiger partial charge is 0.386 e. The maximum absolute atomic E-state index is 10.8. The van der Waals surface area contributed by atoms with Crippen LogP contribution in [0.25, 0.3) is 0 Å². The summed E-state index contributed by atoms with van der Waals surface area (Å²) in [6.07, 6.45) is 4.01. The van der Waals surface area contributed by atoms with Gasteiger partial charge >= 0.3 is 0 Å². The van der Waals surface area contributed by atoms with Gasteiger partial charge < -0.3 is 10.0 Å². The van der Waals surface area contributed by atoms with Crippen molar-refractivity contribution in [2.75, 3.05) is 14.1 Å². The molecule has 1 aromatic rings. The smallest absolute Gasteiger partial charge is 0.0973 e. The maximum atomic E-state index is 10.8. The van der Waals surface area contributed by atoms with Crippen LogP contribution in [0.3, 0.4) is 0 Å². The van der Waals surface area contributed by atoms with Gasteiger partial charge in [0.15, 0.2) is 0 Å². The van der Waals surface area contributed by atoms with E-state index in [2.05, 4.69) is 19.0 Å². The normalized spacial score (nSPS) is 20.3. The van der Waals surface area contributed by atoms with Crippen molar-refractivity contribution in [1.82, 2.24) is 4.90 Å². The summed E-state index contributed by atoms with van der Waals surface area (Å²) < 4.78 is 0. The van der Waals surface area contributed by atoms with E-state index in [9.17, 15) is 5.11 Å².